The molecule has 2 N–H and O–H groups in total. The lowest BCUT2D eigenvalue weighted by atomic mass is 9.93. The van der Waals surface area contributed by atoms with Crippen molar-refractivity contribution in [3.8, 4) is 0 Å². The molecular formula is C10H20N2. The molecule has 3 atom stereocenters. The molecule has 2 fully saturated rings. The zero-order valence-electron chi connectivity index (χ0n) is 8.14. The van der Waals surface area contributed by atoms with E-state index in [9.17, 15) is 0 Å². The van der Waals surface area contributed by atoms with Crippen LogP contribution in [0.15, 0.2) is 0 Å². The van der Waals surface area contributed by atoms with E-state index in [1.54, 1.807) is 0 Å². The molecule has 2 aliphatic rings. The maximum atomic E-state index is 3.70. The second-order valence-corrected chi connectivity index (χ2v) is 4.60. The average Bonchev–Trinajstić information content (AvgIpc) is 2.30. The van der Waals surface area contributed by atoms with E-state index >= 15 is 0 Å². The third-order valence-electron chi connectivity index (χ3n) is 3.26. The van der Waals surface area contributed by atoms with Gasteiger partial charge in [0.25, 0.3) is 0 Å². The van der Waals surface area contributed by atoms with Crippen molar-refractivity contribution in [2.45, 2.75) is 38.8 Å². The van der Waals surface area contributed by atoms with Gasteiger partial charge in [-0.15, -0.1) is 0 Å². The lowest BCUT2D eigenvalue weighted by molar-refractivity contribution is 0.258. The summed E-state index contributed by atoms with van der Waals surface area (Å²) < 4.78 is 0. The molecule has 0 aromatic rings. The molecular weight excluding hydrogens is 148 g/mol. The minimum Gasteiger partial charge on any atom is -0.316 e. The van der Waals surface area contributed by atoms with Crippen molar-refractivity contribution in [1.29, 1.82) is 0 Å². The SMILES string of the molecule is CC(C)NC1[C@@H]2CC[C@H]1CNC2. The Labute approximate surface area is 75.1 Å². The highest BCUT2D eigenvalue weighted by Gasteiger charge is 2.38. The van der Waals surface area contributed by atoms with Crippen LogP contribution in [0.4, 0.5) is 0 Å². The predicted octanol–water partition coefficient (Wildman–Crippen LogP) is 0.982. The smallest absolute Gasteiger partial charge is 0.0150 e. The van der Waals surface area contributed by atoms with Gasteiger partial charge in [0.1, 0.15) is 0 Å². The number of piperidine rings is 1. The Bertz CT molecular complexity index is 140. The molecule has 1 aliphatic heterocycles. The number of fused-ring (bicyclic) bond motifs is 2. The van der Waals surface area contributed by atoms with Crippen LogP contribution in [0.5, 0.6) is 0 Å². The van der Waals surface area contributed by atoms with Gasteiger partial charge in [-0.3, -0.25) is 0 Å². The predicted molar refractivity (Wildman–Crippen MR) is 51.1 cm³/mol. The molecule has 12 heavy (non-hydrogen) atoms. The maximum absolute atomic E-state index is 3.70. The molecule has 0 aromatic heterocycles. The Balaban J connectivity index is 1.96. The van der Waals surface area contributed by atoms with Crippen LogP contribution in [-0.2, 0) is 0 Å². The normalized spacial score (nSPS) is 40.8. The fourth-order valence-corrected chi connectivity index (χ4v) is 2.74. The van der Waals surface area contributed by atoms with E-state index in [0.29, 0.717) is 6.04 Å². The number of hydrogen-bond acceptors (Lipinski definition) is 2. The van der Waals surface area contributed by atoms with Gasteiger partial charge in [-0.25, -0.2) is 0 Å². The summed E-state index contributed by atoms with van der Waals surface area (Å²) in [6.07, 6.45) is 2.87. The van der Waals surface area contributed by atoms with Gasteiger partial charge in [-0.05, 0) is 37.8 Å². The average molecular weight is 168 g/mol. The minimum atomic E-state index is 0.649. The molecule has 1 aliphatic carbocycles. The van der Waals surface area contributed by atoms with Crippen LogP contribution in [-0.4, -0.2) is 25.2 Å². The Kier molecular flexibility index (Phi) is 2.37. The number of nitrogens with one attached hydrogen (secondary N) is 2. The van der Waals surface area contributed by atoms with Crippen LogP contribution in [0.1, 0.15) is 26.7 Å². The number of hydrogen-bond donors (Lipinski definition) is 2. The molecule has 2 nitrogen and oxygen atoms in total. The van der Waals surface area contributed by atoms with Crippen LogP contribution in [0.3, 0.4) is 0 Å². The van der Waals surface area contributed by atoms with Crippen LogP contribution in [0.25, 0.3) is 0 Å². The van der Waals surface area contributed by atoms with Crippen LogP contribution in [0, 0.1) is 11.8 Å². The Morgan fingerprint density at radius 2 is 1.75 bits per heavy atom. The Morgan fingerprint density at radius 3 is 2.25 bits per heavy atom. The van der Waals surface area contributed by atoms with Crippen molar-refractivity contribution >= 4 is 0 Å². The second-order valence-electron chi connectivity index (χ2n) is 4.60. The maximum Gasteiger partial charge on any atom is 0.0150 e. The van der Waals surface area contributed by atoms with Crippen molar-refractivity contribution in [3.63, 3.8) is 0 Å². The van der Waals surface area contributed by atoms with Crippen molar-refractivity contribution in [1.82, 2.24) is 10.6 Å². The molecule has 1 unspecified atom stereocenters. The number of rotatable bonds is 2. The van der Waals surface area contributed by atoms with E-state index < -0.39 is 0 Å². The largest absolute Gasteiger partial charge is 0.316 e. The zero-order chi connectivity index (χ0) is 8.55. The molecule has 1 saturated carbocycles. The first-order chi connectivity index (χ1) is 5.77. The van der Waals surface area contributed by atoms with Gasteiger partial charge in [0.05, 0.1) is 0 Å². The van der Waals surface area contributed by atoms with Crippen LogP contribution < -0.4 is 10.6 Å². The summed E-state index contributed by atoms with van der Waals surface area (Å²) >= 11 is 0. The van der Waals surface area contributed by atoms with E-state index in [1.807, 2.05) is 0 Å². The summed E-state index contributed by atoms with van der Waals surface area (Å²) in [5, 5.41) is 7.21. The lowest BCUT2D eigenvalue weighted by Gasteiger charge is -2.33. The molecule has 0 spiro atoms. The monoisotopic (exact) mass is 168 g/mol. The van der Waals surface area contributed by atoms with E-state index in [1.165, 1.54) is 25.9 Å². The third kappa shape index (κ3) is 1.50. The molecule has 70 valence electrons. The second kappa shape index (κ2) is 3.35. The quantitative estimate of drug-likeness (QED) is 0.642. The summed E-state index contributed by atoms with van der Waals surface area (Å²) in [5.41, 5.74) is 0. The fourth-order valence-electron chi connectivity index (χ4n) is 2.74. The lowest BCUT2D eigenvalue weighted by Crippen LogP contribution is -2.51. The van der Waals surface area contributed by atoms with Crippen molar-refractivity contribution < 1.29 is 0 Å². The topological polar surface area (TPSA) is 24.1 Å². The van der Waals surface area contributed by atoms with E-state index in [-0.39, 0.29) is 0 Å². The van der Waals surface area contributed by atoms with E-state index in [4.69, 9.17) is 0 Å². The van der Waals surface area contributed by atoms with E-state index in [2.05, 4.69) is 24.5 Å². The summed E-state index contributed by atoms with van der Waals surface area (Å²) in [6, 6.07) is 1.46. The van der Waals surface area contributed by atoms with Gasteiger partial charge >= 0.3 is 0 Å². The highest BCUT2D eigenvalue weighted by molar-refractivity contribution is 4.96. The zero-order valence-corrected chi connectivity index (χ0v) is 8.14. The minimum absolute atomic E-state index is 0.649. The molecule has 1 heterocycles. The standard InChI is InChI=1S/C10H20N2/c1-7(2)12-10-8-3-4-9(10)6-11-5-8/h7-12H,3-6H2,1-2H3/t8-,9+,10?. The third-order valence-corrected chi connectivity index (χ3v) is 3.26. The first-order valence-electron chi connectivity index (χ1n) is 5.24. The van der Waals surface area contributed by atoms with Gasteiger partial charge in [0, 0.05) is 12.1 Å². The summed E-state index contributed by atoms with van der Waals surface area (Å²) in [5.74, 6) is 1.82. The van der Waals surface area contributed by atoms with Gasteiger partial charge in [0.15, 0.2) is 0 Å². The molecule has 0 radical (unpaired) electrons. The van der Waals surface area contributed by atoms with E-state index in [0.717, 1.165) is 17.9 Å². The summed E-state index contributed by atoms with van der Waals surface area (Å²) in [4.78, 5) is 0. The highest BCUT2D eigenvalue weighted by Crippen LogP contribution is 2.33. The van der Waals surface area contributed by atoms with Crippen LogP contribution in [0.2, 0.25) is 0 Å². The molecule has 2 heteroatoms. The van der Waals surface area contributed by atoms with Gasteiger partial charge < -0.3 is 10.6 Å². The molecule has 0 aromatic carbocycles. The summed E-state index contributed by atoms with van der Waals surface area (Å²) in [7, 11) is 0. The molecule has 2 rings (SSSR count). The Hall–Kier alpha value is -0.0800. The first-order valence-corrected chi connectivity index (χ1v) is 5.24. The summed E-state index contributed by atoms with van der Waals surface area (Å²) in [6.45, 7) is 6.98. The van der Waals surface area contributed by atoms with Gasteiger partial charge in [-0.1, -0.05) is 13.8 Å². The molecule has 0 amide bonds. The first kappa shape index (κ1) is 8.52. The highest BCUT2D eigenvalue weighted by atomic mass is 15.0. The fraction of sp³-hybridized carbons (Fsp3) is 1.00. The molecule has 2 bridgehead atoms. The van der Waals surface area contributed by atoms with Crippen molar-refractivity contribution in [2.24, 2.45) is 11.8 Å². The van der Waals surface area contributed by atoms with Crippen LogP contribution >= 0.6 is 0 Å². The van der Waals surface area contributed by atoms with Gasteiger partial charge in [-0.2, -0.15) is 0 Å². The molecule has 1 saturated heterocycles. The van der Waals surface area contributed by atoms with Gasteiger partial charge in [0.2, 0.25) is 0 Å². The van der Waals surface area contributed by atoms with Crippen molar-refractivity contribution in [3.05, 3.63) is 0 Å². The van der Waals surface area contributed by atoms with Crippen molar-refractivity contribution in [2.75, 3.05) is 13.1 Å². The Morgan fingerprint density at radius 1 is 1.17 bits per heavy atom.